The fourth-order valence-electron chi connectivity index (χ4n) is 6.70. The minimum atomic E-state index is -1.06. The quantitative estimate of drug-likeness (QED) is 0.0629. The first kappa shape index (κ1) is 49.6. The highest BCUT2D eigenvalue weighted by atomic mass is 16.2. The zero-order valence-electron chi connectivity index (χ0n) is 37.1. The van der Waals surface area contributed by atoms with E-state index in [1.54, 1.807) is 6.20 Å². The van der Waals surface area contributed by atoms with Crippen LogP contribution in [0.4, 0.5) is 4.79 Å². The predicted octanol–water partition coefficient (Wildman–Crippen LogP) is 1.76. The van der Waals surface area contributed by atoms with E-state index in [4.69, 9.17) is 5.73 Å². The van der Waals surface area contributed by atoms with Gasteiger partial charge in [-0.3, -0.25) is 24.0 Å². The summed E-state index contributed by atoms with van der Waals surface area (Å²) in [5.74, 6) is -3.09. The molecule has 0 radical (unpaired) electrons. The van der Waals surface area contributed by atoms with Gasteiger partial charge in [-0.05, 0) is 50.5 Å². The van der Waals surface area contributed by atoms with Crippen LogP contribution in [0.1, 0.15) is 92.1 Å². The van der Waals surface area contributed by atoms with Crippen LogP contribution in [0.25, 0.3) is 0 Å². The standard InChI is InChI=1S/C43H68N12O6/c1-10-27(6)36(41(60)51-32(37(44)56)18-29-20-45-23-48-29)54-40(59)35(26(4)5)47-22-31(16-25(2)3)50-38(57)34(19-30-21-46-24-49-30)52-39(58)33(17-28-14-12-11-13-15-28)53-42(61)55-43(7,8)9/h11-15,20-21,23-27,31-36,47H,10,16-19,22H2,1-9H3,(H2,44,56)(H,45,48)(H,46,49)(H,50,57)(H,51,60)(H,52,58)(H,54,59)(H2,53,55,61)/t27-,31-,32-,33-,34-,35-,36-/m0/s1. The Balaban J connectivity index is 1.79. The van der Waals surface area contributed by atoms with Crippen molar-refractivity contribution in [3.8, 4) is 0 Å². The van der Waals surface area contributed by atoms with Gasteiger partial charge in [0.1, 0.15) is 24.2 Å². The second-order valence-electron chi connectivity index (χ2n) is 17.5. The molecule has 18 nitrogen and oxygen atoms in total. The molecule has 11 N–H and O–H groups in total. The summed E-state index contributed by atoms with van der Waals surface area (Å²) in [5, 5.41) is 20.6. The lowest BCUT2D eigenvalue weighted by atomic mass is 9.95. The molecule has 61 heavy (non-hydrogen) atoms. The van der Waals surface area contributed by atoms with Crippen LogP contribution in [0.2, 0.25) is 0 Å². The molecular weight excluding hydrogens is 781 g/mol. The Hall–Kier alpha value is -5.78. The summed E-state index contributed by atoms with van der Waals surface area (Å²) in [5.41, 5.74) is 7.11. The molecule has 336 valence electrons. The van der Waals surface area contributed by atoms with Crippen molar-refractivity contribution < 1.29 is 28.8 Å². The number of hydrogen-bond donors (Lipinski definition) is 10. The number of imidazole rings is 2. The van der Waals surface area contributed by atoms with E-state index in [-0.39, 0.29) is 43.6 Å². The number of primary amides is 1. The summed E-state index contributed by atoms with van der Waals surface area (Å²) in [4.78, 5) is 95.1. The van der Waals surface area contributed by atoms with Gasteiger partial charge in [0.2, 0.25) is 29.5 Å². The van der Waals surface area contributed by atoms with Crippen LogP contribution < -0.4 is 43.0 Å². The minimum Gasteiger partial charge on any atom is -0.368 e. The fraction of sp³-hybridized carbons (Fsp3) is 0.581. The van der Waals surface area contributed by atoms with Crippen molar-refractivity contribution in [1.29, 1.82) is 0 Å². The van der Waals surface area contributed by atoms with E-state index in [2.05, 4.69) is 57.2 Å². The van der Waals surface area contributed by atoms with Crippen molar-refractivity contribution in [1.82, 2.24) is 57.2 Å². The summed E-state index contributed by atoms with van der Waals surface area (Å²) in [6, 6.07) is 3.40. The molecule has 18 heteroatoms. The maximum atomic E-state index is 14.2. The Labute approximate surface area is 359 Å². The molecule has 0 unspecified atom stereocenters. The number of rotatable bonds is 24. The van der Waals surface area contributed by atoms with Crippen molar-refractivity contribution >= 4 is 35.6 Å². The molecule has 0 bridgehead atoms. The average molecular weight is 849 g/mol. The number of nitrogens with one attached hydrogen (secondary N) is 9. The zero-order valence-corrected chi connectivity index (χ0v) is 37.1. The normalized spacial score (nSPS) is 15.1. The van der Waals surface area contributed by atoms with Gasteiger partial charge in [-0.25, -0.2) is 14.8 Å². The van der Waals surface area contributed by atoms with Gasteiger partial charge in [0, 0.05) is 61.2 Å². The van der Waals surface area contributed by atoms with E-state index >= 15 is 0 Å². The Bertz CT molecular complexity index is 1830. The van der Waals surface area contributed by atoms with Crippen LogP contribution in [-0.4, -0.2) is 104 Å². The topological polar surface area (TPSA) is 270 Å². The summed E-state index contributed by atoms with van der Waals surface area (Å²) in [6.07, 6.45) is 7.52. The van der Waals surface area contributed by atoms with E-state index in [0.717, 1.165) is 5.56 Å². The number of aromatic nitrogens is 4. The first-order chi connectivity index (χ1) is 28.8. The first-order valence-corrected chi connectivity index (χ1v) is 21.1. The number of urea groups is 1. The largest absolute Gasteiger partial charge is 0.368 e. The third-order valence-corrected chi connectivity index (χ3v) is 10.1. The molecule has 0 aliphatic heterocycles. The highest BCUT2D eigenvalue weighted by Gasteiger charge is 2.34. The van der Waals surface area contributed by atoms with Crippen molar-refractivity contribution in [3.63, 3.8) is 0 Å². The van der Waals surface area contributed by atoms with Crippen LogP contribution in [0.5, 0.6) is 0 Å². The lowest BCUT2D eigenvalue weighted by Crippen LogP contribution is -2.60. The first-order valence-electron chi connectivity index (χ1n) is 21.1. The number of benzene rings is 1. The van der Waals surface area contributed by atoms with Gasteiger partial charge in [-0.15, -0.1) is 0 Å². The van der Waals surface area contributed by atoms with Crippen molar-refractivity contribution in [3.05, 3.63) is 72.3 Å². The lowest BCUT2D eigenvalue weighted by Gasteiger charge is -2.31. The zero-order chi connectivity index (χ0) is 45.3. The third-order valence-electron chi connectivity index (χ3n) is 10.1. The molecule has 2 heterocycles. The highest BCUT2D eigenvalue weighted by molar-refractivity contribution is 5.94. The van der Waals surface area contributed by atoms with Gasteiger partial charge in [-0.2, -0.15) is 0 Å². The number of nitrogens with zero attached hydrogens (tertiary/aromatic N) is 2. The summed E-state index contributed by atoms with van der Waals surface area (Å²) in [6.45, 7) is 17.2. The van der Waals surface area contributed by atoms with E-state index in [9.17, 15) is 28.8 Å². The number of aromatic amines is 2. The van der Waals surface area contributed by atoms with Gasteiger partial charge in [0.15, 0.2) is 0 Å². The number of H-pyrrole nitrogens is 2. The van der Waals surface area contributed by atoms with Crippen molar-refractivity contribution in [2.24, 2.45) is 23.5 Å². The number of hydrogen-bond acceptors (Lipinski definition) is 9. The summed E-state index contributed by atoms with van der Waals surface area (Å²) >= 11 is 0. The monoisotopic (exact) mass is 849 g/mol. The molecule has 3 rings (SSSR count). The fourth-order valence-corrected chi connectivity index (χ4v) is 6.70. The summed E-state index contributed by atoms with van der Waals surface area (Å²) in [7, 11) is 0. The van der Waals surface area contributed by atoms with Crippen LogP contribution >= 0.6 is 0 Å². The molecule has 0 fully saturated rings. The molecule has 3 aromatic rings. The Morgan fingerprint density at radius 1 is 0.689 bits per heavy atom. The lowest BCUT2D eigenvalue weighted by molar-refractivity contribution is -0.133. The maximum absolute atomic E-state index is 14.2. The van der Waals surface area contributed by atoms with Gasteiger partial charge in [0.25, 0.3) is 0 Å². The number of nitrogens with two attached hydrogens (primary N) is 1. The second-order valence-corrected chi connectivity index (χ2v) is 17.5. The van der Waals surface area contributed by atoms with Crippen LogP contribution in [0.15, 0.2) is 55.4 Å². The van der Waals surface area contributed by atoms with Crippen molar-refractivity contribution in [2.45, 2.75) is 136 Å². The molecule has 7 atom stereocenters. The van der Waals surface area contributed by atoms with Crippen LogP contribution in [0, 0.1) is 17.8 Å². The van der Waals surface area contributed by atoms with Crippen LogP contribution in [-0.2, 0) is 43.2 Å². The minimum absolute atomic E-state index is 0.0836. The molecule has 0 saturated carbocycles. The second kappa shape index (κ2) is 23.9. The van der Waals surface area contributed by atoms with E-state index in [0.29, 0.717) is 24.2 Å². The molecule has 7 amide bonds. The molecule has 0 spiro atoms. The molecular formula is C43H68N12O6. The number of amides is 7. The van der Waals surface area contributed by atoms with Gasteiger partial charge >= 0.3 is 6.03 Å². The molecule has 1 aromatic carbocycles. The molecule has 2 aromatic heterocycles. The van der Waals surface area contributed by atoms with Gasteiger partial charge in [-0.1, -0.05) is 78.3 Å². The van der Waals surface area contributed by atoms with Crippen LogP contribution in [0.3, 0.4) is 0 Å². The number of carbonyl (C=O) groups is 6. The molecule has 0 aliphatic carbocycles. The molecule has 0 aliphatic rings. The van der Waals surface area contributed by atoms with Crippen molar-refractivity contribution in [2.75, 3.05) is 6.54 Å². The Morgan fingerprint density at radius 3 is 1.74 bits per heavy atom. The Morgan fingerprint density at radius 2 is 1.23 bits per heavy atom. The smallest absolute Gasteiger partial charge is 0.315 e. The maximum Gasteiger partial charge on any atom is 0.315 e. The highest BCUT2D eigenvalue weighted by Crippen LogP contribution is 2.13. The van der Waals surface area contributed by atoms with E-state index in [1.807, 2.05) is 92.6 Å². The SMILES string of the molecule is CC[C@H](C)[C@H](NC(=O)[C@@H](NC[C@H](CC(C)C)NC(=O)[C@H](Cc1cnc[nH]1)NC(=O)[C@H](Cc1ccccc1)NC(=O)NC(C)(C)C)C(C)C)C(=O)N[C@@H](Cc1cnc[nH]1)C(N)=O. The third kappa shape index (κ3) is 17.4. The average Bonchev–Trinajstić information content (AvgIpc) is 3.90. The molecule has 0 saturated heterocycles. The van der Waals surface area contributed by atoms with E-state index in [1.165, 1.54) is 18.9 Å². The number of carbonyl (C=O) groups excluding carboxylic acids is 6. The van der Waals surface area contributed by atoms with Gasteiger partial charge < -0.3 is 52.9 Å². The van der Waals surface area contributed by atoms with Gasteiger partial charge in [0.05, 0.1) is 18.7 Å². The Kier molecular flexibility index (Phi) is 19.4. The van der Waals surface area contributed by atoms with E-state index < -0.39 is 77.4 Å². The predicted molar refractivity (Wildman–Crippen MR) is 232 cm³/mol. The summed E-state index contributed by atoms with van der Waals surface area (Å²) < 4.78 is 0.